The fourth-order valence-electron chi connectivity index (χ4n) is 5.31. The highest BCUT2D eigenvalue weighted by atomic mass is 16.6. The number of fused-ring (bicyclic) bond motifs is 2. The number of carbonyl (C=O) groups is 2. The molecular weight excluding hydrogens is 468 g/mol. The molecule has 7 rings (SSSR count). The Morgan fingerprint density at radius 3 is 2.35 bits per heavy atom. The average Bonchev–Trinajstić information content (AvgIpc) is 3.45. The van der Waals surface area contributed by atoms with Crippen molar-refractivity contribution in [3.63, 3.8) is 0 Å². The van der Waals surface area contributed by atoms with Gasteiger partial charge in [0.2, 0.25) is 0 Å². The lowest BCUT2D eigenvalue weighted by molar-refractivity contribution is -0.151. The largest absolute Gasteiger partial charge is 0.423 e. The van der Waals surface area contributed by atoms with Crippen LogP contribution in [0.4, 0.5) is 0 Å². The Balaban J connectivity index is 1.56. The number of imidazole rings is 1. The molecule has 3 heterocycles. The number of ether oxygens (including phenoxy) is 1. The number of esters is 2. The van der Waals surface area contributed by atoms with Gasteiger partial charge in [-0.15, -0.1) is 0 Å². The topological polar surface area (TPSA) is 91.4 Å². The average molecular weight is 486 g/mol. The molecule has 7 heteroatoms. The van der Waals surface area contributed by atoms with E-state index in [1.165, 1.54) is 6.07 Å². The molecule has 0 saturated carbocycles. The van der Waals surface area contributed by atoms with Gasteiger partial charge in [0.05, 0.1) is 28.5 Å². The molecule has 1 atom stereocenters. The summed E-state index contributed by atoms with van der Waals surface area (Å²) in [5.41, 5.74) is 4.81. The predicted molar refractivity (Wildman–Crippen MR) is 135 cm³/mol. The van der Waals surface area contributed by atoms with Gasteiger partial charge in [0.25, 0.3) is 0 Å². The predicted octanol–water partition coefficient (Wildman–Crippen LogP) is 4.71. The first-order valence-electron chi connectivity index (χ1n) is 11.8. The Hall–Kier alpha value is -5.04. The summed E-state index contributed by atoms with van der Waals surface area (Å²) in [4.78, 5) is 42.4. The standard InChI is InChI=1S/C30H18N2O5/c33-24-14-11-19-15-20(12-13-23(19)36-24)32-27-22(31-28(32)18-9-5-2-6-10-18)16-21-26(30(35)37-29(21)34)25(27)17-7-3-1-4-8-17/h1-15,25H,16H2. The number of nitrogens with zero attached hydrogens (tertiary/aromatic N) is 2. The van der Waals surface area contributed by atoms with E-state index in [1.807, 2.05) is 77.4 Å². The molecule has 0 bridgehead atoms. The lowest BCUT2D eigenvalue weighted by atomic mass is 9.79. The molecule has 0 saturated heterocycles. The van der Waals surface area contributed by atoms with Gasteiger partial charge in [-0.25, -0.2) is 19.4 Å². The number of carbonyl (C=O) groups excluding carboxylic acids is 2. The molecule has 0 spiro atoms. The summed E-state index contributed by atoms with van der Waals surface area (Å²) >= 11 is 0. The van der Waals surface area contributed by atoms with E-state index in [2.05, 4.69) is 0 Å². The highest BCUT2D eigenvalue weighted by Crippen LogP contribution is 2.46. The maximum atomic E-state index is 13.0. The molecule has 0 amide bonds. The monoisotopic (exact) mass is 486 g/mol. The Morgan fingerprint density at radius 2 is 1.57 bits per heavy atom. The zero-order valence-electron chi connectivity index (χ0n) is 19.4. The van der Waals surface area contributed by atoms with E-state index in [0.717, 1.165) is 27.9 Å². The van der Waals surface area contributed by atoms with E-state index in [-0.39, 0.29) is 6.42 Å². The molecule has 3 aromatic carbocycles. The molecule has 0 radical (unpaired) electrons. The Morgan fingerprint density at radius 1 is 0.811 bits per heavy atom. The van der Waals surface area contributed by atoms with Gasteiger partial charge in [0, 0.05) is 29.1 Å². The van der Waals surface area contributed by atoms with E-state index in [9.17, 15) is 14.4 Å². The van der Waals surface area contributed by atoms with Crippen LogP contribution in [-0.2, 0) is 20.7 Å². The van der Waals surface area contributed by atoms with Crippen LogP contribution in [0, 0.1) is 0 Å². The van der Waals surface area contributed by atoms with E-state index in [1.54, 1.807) is 12.1 Å². The van der Waals surface area contributed by atoms with Crippen molar-refractivity contribution in [1.82, 2.24) is 9.55 Å². The van der Waals surface area contributed by atoms with Crippen LogP contribution < -0.4 is 5.63 Å². The smallest absolute Gasteiger partial charge is 0.343 e. The van der Waals surface area contributed by atoms with Crippen molar-refractivity contribution in [2.24, 2.45) is 0 Å². The first-order chi connectivity index (χ1) is 18.1. The van der Waals surface area contributed by atoms with Crippen molar-refractivity contribution in [2.45, 2.75) is 12.3 Å². The SMILES string of the molecule is O=C1OC(=O)C2=C1Cc1nc(-c3ccccc3)n(-c3ccc4oc(=O)ccc4c3)c1C2c1ccccc1. The second-order valence-electron chi connectivity index (χ2n) is 9.04. The van der Waals surface area contributed by atoms with Crippen LogP contribution in [0.5, 0.6) is 0 Å². The van der Waals surface area contributed by atoms with Gasteiger partial charge in [-0.1, -0.05) is 60.7 Å². The first-order valence-corrected chi connectivity index (χ1v) is 11.8. The van der Waals surface area contributed by atoms with Gasteiger partial charge >= 0.3 is 17.6 Å². The van der Waals surface area contributed by atoms with Crippen LogP contribution >= 0.6 is 0 Å². The van der Waals surface area contributed by atoms with E-state index >= 15 is 0 Å². The summed E-state index contributed by atoms with van der Waals surface area (Å²) in [6.45, 7) is 0. The zero-order valence-corrected chi connectivity index (χ0v) is 19.4. The Bertz CT molecular complexity index is 1830. The van der Waals surface area contributed by atoms with Crippen LogP contribution in [0.2, 0.25) is 0 Å². The quantitative estimate of drug-likeness (QED) is 0.208. The fourth-order valence-corrected chi connectivity index (χ4v) is 5.31. The van der Waals surface area contributed by atoms with Crippen molar-refractivity contribution in [1.29, 1.82) is 0 Å². The fraction of sp³-hybridized carbons (Fsp3) is 0.0667. The van der Waals surface area contributed by atoms with Crippen LogP contribution in [0.15, 0.2) is 111 Å². The highest BCUT2D eigenvalue weighted by Gasteiger charge is 2.45. The van der Waals surface area contributed by atoms with Crippen LogP contribution in [-0.4, -0.2) is 21.5 Å². The minimum Gasteiger partial charge on any atom is -0.423 e. The van der Waals surface area contributed by atoms with Crippen molar-refractivity contribution < 1.29 is 18.7 Å². The highest BCUT2D eigenvalue weighted by molar-refractivity contribution is 6.14. The van der Waals surface area contributed by atoms with Crippen LogP contribution in [0.25, 0.3) is 28.0 Å². The van der Waals surface area contributed by atoms with Gasteiger partial charge in [0.15, 0.2) is 0 Å². The minimum absolute atomic E-state index is 0.202. The molecule has 178 valence electrons. The lowest BCUT2D eigenvalue weighted by Crippen LogP contribution is -2.21. The van der Waals surface area contributed by atoms with Crippen molar-refractivity contribution in [3.8, 4) is 17.1 Å². The van der Waals surface area contributed by atoms with Gasteiger partial charge in [0.1, 0.15) is 11.4 Å². The lowest BCUT2D eigenvalue weighted by Gasteiger charge is -2.25. The molecule has 7 nitrogen and oxygen atoms in total. The van der Waals surface area contributed by atoms with Gasteiger partial charge < -0.3 is 9.15 Å². The maximum Gasteiger partial charge on any atom is 0.343 e. The molecule has 0 fully saturated rings. The van der Waals surface area contributed by atoms with Crippen molar-refractivity contribution in [3.05, 3.63) is 130 Å². The summed E-state index contributed by atoms with van der Waals surface area (Å²) in [6, 6.07) is 28.0. The number of cyclic esters (lactones) is 2. The van der Waals surface area contributed by atoms with E-state index in [4.69, 9.17) is 14.1 Å². The second-order valence-corrected chi connectivity index (χ2v) is 9.04. The molecule has 1 aliphatic heterocycles. The third-order valence-corrected chi connectivity index (χ3v) is 6.90. The number of hydrogen-bond donors (Lipinski definition) is 0. The molecule has 1 unspecified atom stereocenters. The van der Waals surface area contributed by atoms with E-state index in [0.29, 0.717) is 28.2 Å². The normalized spacial score (nSPS) is 16.6. The summed E-state index contributed by atoms with van der Waals surface area (Å²) in [6.07, 6.45) is 0.202. The van der Waals surface area contributed by atoms with Gasteiger partial charge in [-0.3, -0.25) is 4.57 Å². The first kappa shape index (κ1) is 21.3. The summed E-state index contributed by atoms with van der Waals surface area (Å²) < 4.78 is 12.4. The minimum atomic E-state index is -0.617. The molecule has 0 N–H and O–H groups in total. The molecule has 37 heavy (non-hydrogen) atoms. The third-order valence-electron chi connectivity index (χ3n) is 6.90. The number of rotatable bonds is 3. The Kier molecular flexibility index (Phi) is 4.59. The molecule has 5 aromatic rings. The summed E-state index contributed by atoms with van der Waals surface area (Å²) in [5, 5.41) is 0.751. The molecule has 2 aliphatic rings. The molecular formula is C30H18N2O5. The van der Waals surface area contributed by atoms with Gasteiger partial charge in [-0.2, -0.15) is 0 Å². The zero-order chi connectivity index (χ0) is 25.1. The number of aromatic nitrogens is 2. The summed E-state index contributed by atoms with van der Waals surface area (Å²) in [5.74, 6) is -1.09. The third kappa shape index (κ3) is 3.28. The maximum absolute atomic E-state index is 13.0. The van der Waals surface area contributed by atoms with Crippen molar-refractivity contribution in [2.75, 3.05) is 0 Å². The summed E-state index contributed by atoms with van der Waals surface area (Å²) in [7, 11) is 0. The van der Waals surface area contributed by atoms with Gasteiger partial charge in [-0.05, 0) is 29.8 Å². The van der Waals surface area contributed by atoms with E-state index < -0.39 is 23.5 Å². The Labute approximate surface area is 210 Å². The van der Waals surface area contributed by atoms with Crippen LogP contribution in [0.1, 0.15) is 22.9 Å². The second kappa shape index (κ2) is 7.99. The number of benzene rings is 3. The van der Waals surface area contributed by atoms with Crippen molar-refractivity contribution >= 4 is 22.9 Å². The molecule has 1 aliphatic carbocycles. The molecule has 2 aromatic heterocycles. The number of hydrogen-bond acceptors (Lipinski definition) is 6. The van der Waals surface area contributed by atoms with Crippen LogP contribution in [0.3, 0.4) is 0 Å².